The van der Waals surface area contributed by atoms with Crippen LogP contribution < -0.4 is 10.1 Å². The zero-order valence-corrected chi connectivity index (χ0v) is 13.2. The van der Waals surface area contributed by atoms with Gasteiger partial charge in [0.1, 0.15) is 5.75 Å². The number of hydrogen-bond acceptors (Lipinski definition) is 4. The van der Waals surface area contributed by atoms with Crippen molar-refractivity contribution in [2.45, 2.75) is 13.5 Å². The Labute approximate surface area is 135 Å². The highest BCUT2D eigenvalue weighted by atomic mass is 16.5. The minimum Gasteiger partial charge on any atom is -0.497 e. The minimum absolute atomic E-state index is 0.309. The Kier molecular flexibility index (Phi) is 5.74. The van der Waals surface area contributed by atoms with Crippen LogP contribution in [0.2, 0.25) is 0 Å². The van der Waals surface area contributed by atoms with Crippen molar-refractivity contribution < 1.29 is 19.1 Å². The fourth-order valence-corrected chi connectivity index (χ4v) is 1.90. The van der Waals surface area contributed by atoms with Gasteiger partial charge in [-0.2, -0.15) is 0 Å². The molecule has 23 heavy (non-hydrogen) atoms. The molecule has 0 aliphatic rings. The molecule has 0 radical (unpaired) electrons. The first-order chi connectivity index (χ1) is 11.1. The van der Waals surface area contributed by atoms with Crippen LogP contribution in [0, 0.1) is 6.92 Å². The Hall–Kier alpha value is -2.82. The SMILES string of the molecule is COc1ccc(C(=O)OCC(=O)NCc2ccc(C)cc2)cc1. The molecular formula is C18H19NO4. The van der Waals surface area contributed by atoms with E-state index in [9.17, 15) is 9.59 Å². The predicted molar refractivity (Wildman–Crippen MR) is 86.3 cm³/mol. The van der Waals surface area contributed by atoms with E-state index in [-0.39, 0.29) is 12.5 Å². The highest BCUT2D eigenvalue weighted by Gasteiger charge is 2.10. The van der Waals surface area contributed by atoms with Gasteiger partial charge >= 0.3 is 5.97 Å². The van der Waals surface area contributed by atoms with Crippen LogP contribution in [0.1, 0.15) is 21.5 Å². The van der Waals surface area contributed by atoms with Crippen molar-refractivity contribution in [3.8, 4) is 5.75 Å². The number of amides is 1. The molecule has 0 bridgehead atoms. The molecule has 0 aromatic heterocycles. The number of rotatable bonds is 6. The smallest absolute Gasteiger partial charge is 0.338 e. The molecule has 0 spiro atoms. The molecule has 120 valence electrons. The van der Waals surface area contributed by atoms with Gasteiger partial charge in [-0.25, -0.2) is 4.79 Å². The number of ether oxygens (including phenoxy) is 2. The first kappa shape index (κ1) is 16.5. The summed E-state index contributed by atoms with van der Waals surface area (Å²) in [6, 6.07) is 14.3. The third kappa shape index (κ3) is 5.14. The molecule has 1 amide bonds. The lowest BCUT2D eigenvalue weighted by atomic mass is 10.1. The van der Waals surface area contributed by atoms with Crippen molar-refractivity contribution in [1.29, 1.82) is 0 Å². The summed E-state index contributed by atoms with van der Waals surface area (Å²) in [6.07, 6.45) is 0. The zero-order chi connectivity index (χ0) is 16.7. The van der Waals surface area contributed by atoms with Crippen LogP contribution in [0.15, 0.2) is 48.5 Å². The molecular weight excluding hydrogens is 294 g/mol. The van der Waals surface area contributed by atoms with Gasteiger partial charge in [-0.05, 0) is 36.8 Å². The van der Waals surface area contributed by atoms with Gasteiger partial charge in [0.15, 0.2) is 6.61 Å². The van der Waals surface area contributed by atoms with E-state index in [1.165, 1.54) is 0 Å². The zero-order valence-electron chi connectivity index (χ0n) is 13.2. The third-order valence-electron chi connectivity index (χ3n) is 3.27. The molecule has 2 aromatic carbocycles. The monoisotopic (exact) mass is 313 g/mol. The number of carbonyl (C=O) groups is 2. The van der Waals surface area contributed by atoms with Crippen LogP contribution in [0.25, 0.3) is 0 Å². The van der Waals surface area contributed by atoms with E-state index >= 15 is 0 Å². The quantitative estimate of drug-likeness (QED) is 0.832. The highest BCUT2D eigenvalue weighted by Crippen LogP contribution is 2.12. The number of esters is 1. The lowest BCUT2D eigenvalue weighted by Crippen LogP contribution is -2.28. The van der Waals surface area contributed by atoms with E-state index in [2.05, 4.69) is 5.32 Å². The summed E-state index contributed by atoms with van der Waals surface area (Å²) in [5.41, 5.74) is 2.52. The minimum atomic E-state index is -0.543. The maximum Gasteiger partial charge on any atom is 0.338 e. The Morgan fingerprint density at radius 3 is 2.26 bits per heavy atom. The maximum atomic E-state index is 11.8. The summed E-state index contributed by atoms with van der Waals surface area (Å²) in [4.78, 5) is 23.5. The molecule has 0 saturated heterocycles. The van der Waals surface area contributed by atoms with Gasteiger partial charge < -0.3 is 14.8 Å². The fraction of sp³-hybridized carbons (Fsp3) is 0.222. The molecule has 2 rings (SSSR count). The van der Waals surface area contributed by atoms with Gasteiger partial charge in [0.25, 0.3) is 5.91 Å². The van der Waals surface area contributed by atoms with Crippen molar-refractivity contribution in [3.63, 3.8) is 0 Å². The predicted octanol–water partition coefficient (Wildman–Crippen LogP) is 2.48. The molecule has 0 saturated carbocycles. The Bertz CT molecular complexity index is 662. The summed E-state index contributed by atoms with van der Waals surface area (Å²) in [7, 11) is 1.55. The first-order valence-corrected chi connectivity index (χ1v) is 7.22. The van der Waals surface area contributed by atoms with E-state index < -0.39 is 5.97 Å². The van der Waals surface area contributed by atoms with Crippen LogP contribution in [-0.2, 0) is 16.1 Å². The normalized spacial score (nSPS) is 10.0. The number of hydrogen-bond donors (Lipinski definition) is 1. The van der Waals surface area contributed by atoms with E-state index in [1.807, 2.05) is 31.2 Å². The second-order valence-corrected chi connectivity index (χ2v) is 5.07. The topological polar surface area (TPSA) is 64.6 Å². The van der Waals surface area contributed by atoms with Gasteiger partial charge in [-0.15, -0.1) is 0 Å². The van der Waals surface area contributed by atoms with Crippen LogP contribution in [0.5, 0.6) is 5.75 Å². The van der Waals surface area contributed by atoms with Crippen molar-refractivity contribution >= 4 is 11.9 Å². The van der Waals surface area contributed by atoms with E-state index in [1.54, 1.807) is 31.4 Å². The molecule has 0 atom stereocenters. The van der Waals surface area contributed by atoms with E-state index in [0.29, 0.717) is 17.9 Å². The number of methoxy groups -OCH3 is 1. The summed E-state index contributed by atoms with van der Waals surface area (Å²) in [5, 5.41) is 2.71. The van der Waals surface area contributed by atoms with Crippen LogP contribution in [0.4, 0.5) is 0 Å². The Balaban J connectivity index is 1.76. The average Bonchev–Trinajstić information content (AvgIpc) is 2.59. The highest BCUT2D eigenvalue weighted by molar-refractivity contribution is 5.91. The Morgan fingerprint density at radius 1 is 1.00 bits per heavy atom. The lowest BCUT2D eigenvalue weighted by molar-refractivity contribution is -0.124. The van der Waals surface area contributed by atoms with E-state index in [4.69, 9.17) is 9.47 Å². The second kappa shape index (κ2) is 7.98. The molecule has 2 aromatic rings. The molecule has 5 nitrogen and oxygen atoms in total. The van der Waals surface area contributed by atoms with Crippen LogP contribution in [-0.4, -0.2) is 25.6 Å². The average molecular weight is 313 g/mol. The second-order valence-electron chi connectivity index (χ2n) is 5.07. The van der Waals surface area contributed by atoms with Gasteiger partial charge in [0.05, 0.1) is 12.7 Å². The number of benzene rings is 2. The van der Waals surface area contributed by atoms with Crippen LogP contribution in [0.3, 0.4) is 0 Å². The van der Waals surface area contributed by atoms with Crippen LogP contribution >= 0.6 is 0 Å². The van der Waals surface area contributed by atoms with E-state index in [0.717, 1.165) is 11.1 Å². The largest absolute Gasteiger partial charge is 0.497 e. The third-order valence-corrected chi connectivity index (χ3v) is 3.27. The van der Waals surface area contributed by atoms with Gasteiger partial charge in [-0.3, -0.25) is 4.79 Å². The van der Waals surface area contributed by atoms with Crippen molar-refractivity contribution in [2.24, 2.45) is 0 Å². The molecule has 0 heterocycles. The van der Waals surface area contributed by atoms with Gasteiger partial charge in [-0.1, -0.05) is 29.8 Å². The van der Waals surface area contributed by atoms with Gasteiger partial charge in [0, 0.05) is 6.54 Å². The number of aryl methyl sites for hydroxylation is 1. The first-order valence-electron chi connectivity index (χ1n) is 7.22. The molecule has 0 aliphatic carbocycles. The van der Waals surface area contributed by atoms with Crippen molar-refractivity contribution in [1.82, 2.24) is 5.32 Å². The Morgan fingerprint density at radius 2 is 1.65 bits per heavy atom. The molecule has 0 aliphatic heterocycles. The standard InChI is InChI=1S/C18H19NO4/c1-13-3-5-14(6-4-13)11-19-17(20)12-23-18(21)15-7-9-16(22-2)10-8-15/h3-10H,11-12H2,1-2H3,(H,19,20). The molecule has 0 unspecified atom stereocenters. The van der Waals surface area contributed by atoms with Crippen molar-refractivity contribution in [2.75, 3.05) is 13.7 Å². The maximum absolute atomic E-state index is 11.8. The molecule has 0 fully saturated rings. The van der Waals surface area contributed by atoms with Gasteiger partial charge in [0.2, 0.25) is 0 Å². The number of carbonyl (C=O) groups excluding carboxylic acids is 2. The molecule has 1 N–H and O–H groups in total. The summed E-state index contributed by atoms with van der Waals surface area (Å²) in [5.74, 6) is -0.233. The van der Waals surface area contributed by atoms with Crippen molar-refractivity contribution in [3.05, 3.63) is 65.2 Å². The molecule has 5 heteroatoms. The summed E-state index contributed by atoms with van der Waals surface area (Å²) < 4.78 is 9.99. The fourth-order valence-electron chi connectivity index (χ4n) is 1.90. The lowest BCUT2D eigenvalue weighted by Gasteiger charge is -2.07. The summed E-state index contributed by atoms with van der Waals surface area (Å²) >= 11 is 0. The summed E-state index contributed by atoms with van der Waals surface area (Å²) in [6.45, 7) is 2.09. The number of nitrogens with one attached hydrogen (secondary N) is 1.